The molecular weight excluding hydrogens is 392 g/mol. The van der Waals surface area contributed by atoms with E-state index in [-0.39, 0.29) is 11.7 Å². The summed E-state index contributed by atoms with van der Waals surface area (Å²) >= 11 is 1.15. The van der Waals surface area contributed by atoms with Crippen molar-refractivity contribution in [2.24, 2.45) is 0 Å². The van der Waals surface area contributed by atoms with Gasteiger partial charge in [0.15, 0.2) is 11.6 Å². The minimum atomic E-state index is -0.641. The Labute approximate surface area is 170 Å². The van der Waals surface area contributed by atoms with Crippen molar-refractivity contribution in [2.45, 2.75) is 19.9 Å². The number of nitrogens with zero attached hydrogens (tertiary/aromatic N) is 6. The van der Waals surface area contributed by atoms with Gasteiger partial charge in [-0.1, -0.05) is 0 Å². The van der Waals surface area contributed by atoms with E-state index in [0.29, 0.717) is 22.7 Å². The second-order valence-electron chi connectivity index (χ2n) is 6.34. The first kappa shape index (κ1) is 18.7. The van der Waals surface area contributed by atoms with Crippen LogP contribution in [-0.2, 0) is 0 Å². The molecule has 4 heterocycles. The van der Waals surface area contributed by atoms with Gasteiger partial charge in [0.25, 0.3) is 5.88 Å². The van der Waals surface area contributed by atoms with Gasteiger partial charge in [-0.25, -0.2) is 14.8 Å². The molecule has 4 aromatic rings. The van der Waals surface area contributed by atoms with Crippen LogP contribution in [0.25, 0.3) is 22.4 Å². The zero-order valence-corrected chi connectivity index (χ0v) is 16.8. The van der Waals surface area contributed by atoms with E-state index in [0.717, 1.165) is 22.4 Å². The van der Waals surface area contributed by atoms with Crippen LogP contribution < -0.4 is 15.4 Å². The van der Waals surface area contributed by atoms with Crippen LogP contribution in [0.1, 0.15) is 19.9 Å². The summed E-state index contributed by atoms with van der Waals surface area (Å²) in [5.41, 5.74) is 1.73. The van der Waals surface area contributed by atoms with Gasteiger partial charge in [-0.15, -0.1) is 0 Å². The average molecular weight is 410 g/mol. The van der Waals surface area contributed by atoms with Gasteiger partial charge in [-0.2, -0.15) is 9.36 Å². The SMILES string of the molecule is CNC(=O)Oc1nccnc1Nc1nc(-c2cc3ccn(C(C)C)c3cn2)ns1. The van der Waals surface area contributed by atoms with Crippen molar-refractivity contribution in [1.82, 2.24) is 34.2 Å². The maximum atomic E-state index is 11.5. The Morgan fingerprint density at radius 1 is 1.24 bits per heavy atom. The van der Waals surface area contributed by atoms with Crippen LogP contribution in [0, 0.1) is 0 Å². The number of hydrogen-bond donors (Lipinski definition) is 2. The number of anilines is 2. The van der Waals surface area contributed by atoms with E-state index in [4.69, 9.17) is 4.74 Å². The largest absolute Gasteiger partial charge is 0.413 e. The lowest BCUT2D eigenvalue weighted by atomic mass is 10.2. The molecule has 0 radical (unpaired) electrons. The Kier molecular flexibility index (Phi) is 5.04. The van der Waals surface area contributed by atoms with Crippen molar-refractivity contribution in [3.8, 4) is 17.4 Å². The van der Waals surface area contributed by atoms with Crippen molar-refractivity contribution in [3.05, 3.63) is 36.9 Å². The van der Waals surface area contributed by atoms with Crippen LogP contribution in [-0.4, -0.2) is 42.0 Å². The summed E-state index contributed by atoms with van der Waals surface area (Å²) in [5.74, 6) is 0.795. The Balaban J connectivity index is 1.58. The number of rotatable bonds is 5. The second kappa shape index (κ2) is 7.80. The van der Waals surface area contributed by atoms with Crippen molar-refractivity contribution in [1.29, 1.82) is 0 Å². The van der Waals surface area contributed by atoms with Gasteiger partial charge in [0.2, 0.25) is 5.13 Å². The van der Waals surface area contributed by atoms with Gasteiger partial charge < -0.3 is 19.9 Å². The maximum Gasteiger partial charge on any atom is 0.413 e. The summed E-state index contributed by atoms with van der Waals surface area (Å²) in [6, 6.07) is 4.36. The zero-order chi connectivity index (χ0) is 20.4. The van der Waals surface area contributed by atoms with E-state index in [1.165, 1.54) is 19.4 Å². The molecule has 0 atom stereocenters. The minimum absolute atomic E-state index is 0.0400. The van der Waals surface area contributed by atoms with Gasteiger partial charge in [0.05, 0.1) is 11.7 Å². The molecule has 4 rings (SSSR count). The molecule has 1 amide bonds. The molecule has 0 fully saturated rings. The summed E-state index contributed by atoms with van der Waals surface area (Å²) in [7, 11) is 1.46. The number of carbonyl (C=O) groups excluding carboxylic acids is 1. The lowest BCUT2D eigenvalue weighted by molar-refractivity contribution is 0.201. The first-order valence-corrected chi connectivity index (χ1v) is 9.60. The average Bonchev–Trinajstić information content (AvgIpc) is 3.35. The Hall–Kier alpha value is -3.60. The van der Waals surface area contributed by atoms with E-state index < -0.39 is 6.09 Å². The molecule has 11 heteroatoms. The molecule has 29 heavy (non-hydrogen) atoms. The highest BCUT2D eigenvalue weighted by atomic mass is 32.1. The summed E-state index contributed by atoms with van der Waals surface area (Å²) in [5, 5.41) is 6.89. The van der Waals surface area contributed by atoms with E-state index in [1.807, 2.05) is 24.5 Å². The van der Waals surface area contributed by atoms with Crippen molar-refractivity contribution >= 4 is 39.5 Å². The summed E-state index contributed by atoms with van der Waals surface area (Å²) in [6.45, 7) is 4.25. The number of amides is 1. The van der Waals surface area contributed by atoms with Gasteiger partial charge in [-0.3, -0.25) is 4.98 Å². The lowest BCUT2D eigenvalue weighted by Crippen LogP contribution is -2.23. The summed E-state index contributed by atoms with van der Waals surface area (Å²) < 4.78 is 11.6. The number of aromatic nitrogens is 6. The number of carbonyl (C=O) groups is 1. The Bertz CT molecular complexity index is 1170. The number of pyridine rings is 1. The molecule has 0 aliphatic carbocycles. The number of fused-ring (bicyclic) bond motifs is 1. The number of nitrogens with one attached hydrogen (secondary N) is 2. The fraction of sp³-hybridized carbons (Fsp3) is 0.222. The molecule has 0 aromatic carbocycles. The second-order valence-corrected chi connectivity index (χ2v) is 7.09. The molecular formula is C18H18N8O2S. The van der Waals surface area contributed by atoms with E-state index in [2.05, 4.69) is 53.4 Å². The highest BCUT2D eigenvalue weighted by Gasteiger charge is 2.15. The predicted molar refractivity (Wildman–Crippen MR) is 109 cm³/mol. The van der Waals surface area contributed by atoms with Crippen LogP contribution >= 0.6 is 11.5 Å². The molecule has 0 saturated carbocycles. The molecule has 0 aliphatic heterocycles. The normalized spacial score (nSPS) is 11.0. The van der Waals surface area contributed by atoms with Gasteiger partial charge in [0, 0.05) is 48.6 Å². The van der Waals surface area contributed by atoms with Crippen LogP contribution in [0.2, 0.25) is 0 Å². The molecule has 4 aromatic heterocycles. The minimum Gasteiger partial charge on any atom is -0.387 e. The molecule has 0 aliphatic rings. The van der Waals surface area contributed by atoms with Gasteiger partial charge in [0.1, 0.15) is 5.69 Å². The van der Waals surface area contributed by atoms with Gasteiger partial charge >= 0.3 is 6.09 Å². The van der Waals surface area contributed by atoms with E-state index >= 15 is 0 Å². The zero-order valence-electron chi connectivity index (χ0n) is 15.9. The van der Waals surface area contributed by atoms with Crippen molar-refractivity contribution in [2.75, 3.05) is 12.4 Å². The molecule has 148 valence electrons. The fourth-order valence-electron chi connectivity index (χ4n) is 2.73. The highest BCUT2D eigenvalue weighted by molar-refractivity contribution is 7.09. The predicted octanol–water partition coefficient (Wildman–Crippen LogP) is 3.39. The topological polar surface area (TPSA) is 120 Å². The van der Waals surface area contributed by atoms with E-state index in [9.17, 15) is 4.79 Å². The van der Waals surface area contributed by atoms with Crippen molar-refractivity contribution in [3.63, 3.8) is 0 Å². The standard InChI is InChI=1S/C18H18N8O2S/c1-10(2)26-7-4-11-8-12(22-9-13(11)26)14-23-17(29-25-14)24-15-16(21-6-5-20-15)28-18(27)19-3/h4-10H,1-3H3,(H,19,27)(H,20,23,24,25). The van der Waals surface area contributed by atoms with Crippen molar-refractivity contribution < 1.29 is 9.53 Å². The maximum absolute atomic E-state index is 11.5. The summed E-state index contributed by atoms with van der Waals surface area (Å²) in [4.78, 5) is 28.6. The van der Waals surface area contributed by atoms with E-state index in [1.54, 1.807) is 0 Å². The molecule has 0 spiro atoms. The molecule has 10 nitrogen and oxygen atoms in total. The first-order valence-electron chi connectivity index (χ1n) is 8.83. The smallest absolute Gasteiger partial charge is 0.387 e. The molecule has 0 saturated heterocycles. The lowest BCUT2D eigenvalue weighted by Gasteiger charge is -2.08. The Morgan fingerprint density at radius 2 is 2.07 bits per heavy atom. The molecule has 0 bridgehead atoms. The first-order chi connectivity index (χ1) is 14.0. The molecule has 0 unspecified atom stereocenters. The number of ether oxygens (including phenoxy) is 1. The summed E-state index contributed by atoms with van der Waals surface area (Å²) in [6.07, 6.45) is 6.14. The van der Waals surface area contributed by atoms with Crippen LogP contribution in [0.5, 0.6) is 5.88 Å². The fourth-order valence-corrected chi connectivity index (χ4v) is 3.31. The van der Waals surface area contributed by atoms with Crippen LogP contribution in [0.4, 0.5) is 15.7 Å². The Morgan fingerprint density at radius 3 is 2.86 bits per heavy atom. The van der Waals surface area contributed by atoms with Gasteiger partial charge in [-0.05, 0) is 26.0 Å². The third-order valence-corrected chi connectivity index (χ3v) is 4.73. The monoisotopic (exact) mass is 410 g/mol. The highest BCUT2D eigenvalue weighted by Crippen LogP contribution is 2.28. The van der Waals surface area contributed by atoms with Crippen LogP contribution in [0.3, 0.4) is 0 Å². The number of hydrogen-bond acceptors (Lipinski definition) is 9. The third kappa shape index (κ3) is 3.85. The van der Waals surface area contributed by atoms with Crippen LogP contribution in [0.15, 0.2) is 36.9 Å². The quantitative estimate of drug-likeness (QED) is 0.514. The third-order valence-electron chi connectivity index (χ3n) is 4.10. The molecule has 2 N–H and O–H groups in total.